The highest BCUT2D eigenvalue weighted by molar-refractivity contribution is 7.99. The van der Waals surface area contributed by atoms with Crippen LogP contribution in [0.15, 0.2) is 35.8 Å². The van der Waals surface area contributed by atoms with Crippen LogP contribution in [0, 0.1) is 12.8 Å². The standard InChI is InChI=1S/C21H31ClFN3O3S2.C2H2/c1-3-5-18(25-10-12-30-11-4-2)17(23)8-9-24-13-16(29-15-27)14-26-21(28)19-6-7-20(22)31-19;1-2/h5-8,15-16,24-25H,3-4,9-14H2,1-2H3,(H,26,28);1-2H/b17-8+,18-5+;. The van der Waals surface area contributed by atoms with Crippen LogP contribution in [0.4, 0.5) is 4.39 Å². The summed E-state index contributed by atoms with van der Waals surface area (Å²) in [5.74, 6) is 1.40. The molecule has 0 bridgehead atoms. The number of halogens is 2. The van der Waals surface area contributed by atoms with E-state index >= 15 is 0 Å². The number of hydrogen-bond donors (Lipinski definition) is 3. The quantitative estimate of drug-likeness (QED) is 0.123. The van der Waals surface area contributed by atoms with Crippen LogP contribution in [0.25, 0.3) is 0 Å². The minimum Gasteiger partial charge on any atom is -0.461 e. The van der Waals surface area contributed by atoms with Gasteiger partial charge in [0, 0.05) is 25.4 Å². The predicted molar refractivity (Wildman–Crippen MR) is 139 cm³/mol. The van der Waals surface area contributed by atoms with Gasteiger partial charge in [0.05, 0.1) is 21.5 Å². The fourth-order valence-corrected chi connectivity index (χ4v) is 4.15. The molecule has 0 saturated carbocycles. The summed E-state index contributed by atoms with van der Waals surface area (Å²) in [6.45, 7) is 5.78. The van der Waals surface area contributed by atoms with Crippen molar-refractivity contribution in [2.45, 2.75) is 32.8 Å². The van der Waals surface area contributed by atoms with Crippen LogP contribution in [0.1, 0.15) is 36.4 Å². The van der Waals surface area contributed by atoms with Crippen molar-refractivity contribution in [2.75, 3.05) is 37.7 Å². The van der Waals surface area contributed by atoms with Crippen molar-refractivity contribution in [3.8, 4) is 12.8 Å². The third-order valence-corrected chi connectivity index (χ3v) is 6.33. The van der Waals surface area contributed by atoms with Gasteiger partial charge in [-0.3, -0.25) is 9.59 Å². The number of carbonyl (C=O) groups excluding carboxylic acids is 2. The summed E-state index contributed by atoms with van der Waals surface area (Å²) in [6.07, 6.45) is 12.5. The van der Waals surface area contributed by atoms with E-state index in [1.165, 1.54) is 17.4 Å². The first-order valence-electron chi connectivity index (χ1n) is 10.6. The van der Waals surface area contributed by atoms with E-state index in [0.717, 1.165) is 24.3 Å². The molecule has 0 saturated heterocycles. The second kappa shape index (κ2) is 20.6. The van der Waals surface area contributed by atoms with Crippen LogP contribution in [-0.2, 0) is 9.53 Å². The van der Waals surface area contributed by atoms with Gasteiger partial charge in [-0.25, -0.2) is 4.39 Å². The zero-order chi connectivity index (χ0) is 24.9. The molecule has 184 valence electrons. The lowest BCUT2D eigenvalue weighted by Gasteiger charge is -2.16. The Kier molecular flexibility index (Phi) is 19.4. The zero-order valence-electron chi connectivity index (χ0n) is 19.1. The molecule has 33 heavy (non-hydrogen) atoms. The topological polar surface area (TPSA) is 79.5 Å². The van der Waals surface area contributed by atoms with Crippen LogP contribution < -0.4 is 16.0 Å². The van der Waals surface area contributed by atoms with Crippen LogP contribution in [0.2, 0.25) is 4.34 Å². The molecule has 0 aliphatic heterocycles. The molecular formula is C23H33ClFN3O3S2. The molecule has 0 spiro atoms. The van der Waals surface area contributed by atoms with Gasteiger partial charge in [-0.15, -0.1) is 24.2 Å². The fourth-order valence-electron chi connectivity index (χ4n) is 2.46. The second-order valence-electron chi connectivity index (χ2n) is 6.44. The van der Waals surface area contributed by atoms with Crippen LogP contribution in [0.3, 0.4) is 0 Å². The Labute approximate surface area is 209 Å². The third kappa shape index (κ3) is 14.7. The van der Waals surface area contributed by atoms with Crippen LogP contribution in [-0.4, -0.2) is 56.2 Å². The Balaban J connectivity index is 0.00000497. The molecule has 1 atom stereocenters. The maximum atomic E-state index is 14.5. The number of amides is 1. The summed E-state index contributed by atoms with van der Waals surface area (Å²) in [7, 11) is 0. The molecule has 1 unspecified atom stereocenters. The molecule has 6 nitrogen and oxygen atoms in total. The number of hydrogen-bond acceptors (Lipinski definition) is 7. The normalized spacial score (nSPS) is 12.3. The maximum absolute atomic E-state index is 14.5. The van der Waals surface area contributed by atoms with Crippen molar-refractivity contribution in [2.24, 2.45) is 0 Å². The minimum absolute atomic E-state index is 0.129. The average molecular weight is 518 g/mol. The minimum atomic E-state index is -0.576. The lowest BCUT2D eigenvalue weighted by Crippen LogP contribution is -2.39. The predicted octanol–water partition coefficient (Wildman–Crippen LogP) is 4.39. The highest BCUT2D eigenvalue weighted by Crippen LogP contribution is 2.21. The SMILES string of the molecule is C#C.CC/C=C(NCCSCCC)\C(F)=C/CNCC(CNC(=O)c1ccc(Cl)s1)OC=O. The van der Waals surface area contributed by atoms with E-state index in [9.17, 15) is 14.0 Å². The van der Waals surface area contributed by atoms with E-state index in [1.807, 2.05) is 24.8 Å². The lowest BCUT2D eigenvalue weighted by atomic mass is 10.2. The first kappa shape index (κ1) is 31.0. The molecule has 1 aromatic heterocycles. The summed E-state index contributed by atoms with van der Waals surface area (Å²) >= 11 is 8.83. The average Bonchev–Trinajstić information content (AvgIpc) is 3.26. The number of ether oxygens (including phenoxy) is 1. The highest BCUT2D eigenvalue weighted by atomic mass is 35.5. The molecule has 1 aromatic rings. The van der Waals surface area contributed by atoms with Crippen molar-refractivity contribution in [1.82, 2.24) is 16.0 Å². The Morgan fingerprint density at radius 3 is 2.61 bits per heavy atom. The van der Waals surface area contributed by atoms with Crippen molar-refractivity contribution in [3.63, 3.8) is 0 Å². The van der Waals surface area contributed by atoms with Crippen LogP contribution in [0.5, 0.6) is 0 Å². The second-order valence-corrected chi connectivity index (χ2v) is 9.38. The molecule has 0 aliphatic rings. The van der Waals surface area contributed by atoms with E-state index in [0.29, 0.717) is 27.9 Å². The van der Waals surface area contributed by atoms with Gasteiger partial charge in [0.25, 0.3) is 12.4 Å². The number of terminal acetylenes is 1. The fraction of sp³-hybridized carbons (Fsp3) is 0.478. The summed E-state index contributed by atoms with van der Waals surface area (Å²) < 4.78 is 20.0. The molecular weight excluding hydrogens is 485 g/mol. The van der Waals surface area contributed by atoms with Gasteiger partial charge in [-0.05, 0) is 36.8 Å². The molecule has 0 radical (unpaired) electrons. The lowest BCUT2D eigenvalue weighted by molar-refractivity contribution is -0.133. The van der Waals surface area contributed by atoms with Gasteiger partial charge in [-0.1, -0.05) is 31.5 Å². The number of nitrogens with one attached hydrogen (secondary N) is 3. The summed E-state index contributed by atoms with van der Waals surface area (Å²) in [5, 5.41) is 8.86. The van der Waals surface area contributed by atoms with Gasteiger partial charge >= 0.3 is 0 Å². The molecule has 10 heteroatoms. The monoisotopic (exact) mass is 517 g/mol. The van der Waals surface area contributed by atoms with Crippen molar-refractivity contribution < 1.29 is 18.7 Å². The van der Waals surface area contributed by atoms with Crippen LogP contribution >= 0.6 is 34.7 Å². The Bertz CT molecular complexity index is 769. The van der Waals surface area contributed by atoms with E-state index in [-0.39, 0.29) is 31.4 Å². The first-order chi connectivity index (χ1) is 16.0. The Hall–Kier alpha value is -1.99. The zero-order valence-corrected chi connectivity index (χ0v) is 21.5. The van der Waals surface area contributed by atoms with Gasteiger partial charge < -0.3 is 20.7 Å². The van der Waals surface area contributed by atoms with E-state index in [1.54, 1.807) is 12.1 Å². The van der Waals surface area contributed by atoms with Crippen molar-refractivity contribution >= 4 is 47.1 Å². The van der Waals surface area contributed by atoms with E-state index < -0.39 is 6.10 Å². The first-order valence-corrected chi connectivity index (χ1v) is 12.9. The smallest absolute Gasteiger partial charge is 0.293 e. The van der Waals surface area contributed by atoms with Crippen molar-refractivity contribution in [1.29, 1.82) is 0 Å². The molecule has 1 amide bonds. The molecule has 1 rings (SSSR count). The number of rotatable bonds is 17. The third-order valence-electron chi connectivity index (χ3n) is 3.91. The van der Waals surface area contributed by atoms with E-state index in [4.69, 9.17) is 16.3 Å². The molecule has 0 aliphatic carbocycles. The number of thioether (sulfide) groups is 1. The molecule has 0 fully saturated rings. The number of thiophene rings is 1. The summed E-state index contributed by atoms with van der Waals surface area (Å²) in [6, 6.07) is 3.27. The van der Waals surface area contributed by atoms with E-state index in [2.05, 4.69) is 35.7 Å². The van der Waals surface area contributed by atoms with Gasteiger partial charge in [0.2, 0.25) is 0 Å². The summed E-state index contributed by atoms with van der Waals surface area (Å²) in [5.41, 5.74) is 0.490. The largest absolute Gasteiger partial charge is 0.461 e. The van der Waals surface area contributed by atoms with Gasteiger partial charge in [0.1, 0.15) is 11.9 Å². The van der Waals surface area contributed by atoms with Gasteiger partial charge in [0.15, 0.2) is 0 Å². The summed E-state index contributed by atoms with van der Waals surface area (Å²) in [4.78, 5) is 23.3. The van der Waals surface area contributed by atoms with Gasteiger partial charge in [-0.2, -0.15) is 11.8 Å². The molecule has 3 N–H and O–H groups in total. The molecule has 1 heterocycles. The Morgan fingerprint density at radius 2 is 2.00 bits per heavy atom. The van der Waals surface area contributed by atoms with Crippen molar-refractivity contribution in [3.05, 3.63) is 45.0 Å². The number of allylic oxidation sites excluding steroid dienone is 2. The Morgan fingerprint density at radius 1 is 1.24 bits per heavy atom. The maximum Gasteiger partial charge on any atom is 0.293 e. The highest BCUT2D eigenvalue weighted by Gasteiger charge is 2.13. The number of carbonyl (C=O) groups is 2. The molecule has 0 aromatic carbocycles.